The van der Waals surface area contributed by atoms with Gasteiger partial charge in [0.25, 0.3) is 0 Å². The second-order valence-corrected chi connectivity index (χ2v) is 6.07. The molecule has 0 bridgehead atoms. The van der Waals surface area contributed by atoms with Crippen LogP contribution < -0.4 is 10.1 Å². The lowest BCUT2D eigenvalue weighted by molar-refractivity contribution is 0.415. The summed E-state index contributed by atoms with van der Waals surface area (Å²) in [5.74, 6) is 0.870. The van der Waals surface area contributed by atoms with Crippen molar-refractivity contribution in [3.05, 3.63) is 66.5 Å². The summed E-state index contributed by atoms with van der Waals surface area (Å²) >= 11 is 0. The number of hydrogen-bond acceptors (Lipinski definition) is 3. The van der Waals surface area contributed by atoms with Gasteiger partial charge in [0.1, 0.15) is 5.75 Å². The molecule has 24 heavy (non-hydrogen) atoms. The minimum atomic E-state index is 0.338. The molecular weight excluding hydrogens is 298 g/mol. The van der Waals surface area contributed by atoms with Crippen LogP contribution in [0.25, 0.3) is 16.8 Å². The minimum absolute atomic E-state index is 0.338. The van der Waals surface area contributed by atoms with E-state index in [1.807, 2.05) is 24.4 Å². The highest BCUT2D eigenvalue weighted by molar-refractivity contribution is 5.67. The maximum Gasteiger partial charge on any atom is 0.118 e. The van der Waals surface area contributed by atoms with Gasteiger partial charge in [-0.25, -0.2) is 4.68 Å². The molecule has 4 nitrogen and oxygen atoms in total. The number of methoxy groups -OCH3 is 1. The summed E-state index contributed by atoms with van der Waals surface area (Å²) in [4.78, 5) is 0. The predicted molar refractivity (Wildman–Crippen MR) is 95.5 cm³/mol. The molecule has 122 valence electrons. The van der Waals surface area contributed by atoms with Gasteiger partial charge in [-0.1, -0.05) is 30.3 Å². The van der Waals surface area contributed by atoms with E-state index in [1.54, 1.807) is 7.11 Å². The molecule has 1 fully saturated rings. The van der Waals surface area contributed by atoms with Crippen LogP contribution in [0, 0.1) is 0 Å². The average Bonchev–Trinajstić information content (AvgIpc) is 3.32. The predicted octanol–water partition coefficient (Wildman–Crippen LogP) is 3.97. The Labute approximate surface area is 142 Å². The lowest BCUT2D eigenvalue weighted by Crippen LogP contribution is -2.17. The zero-order valence-electron chi connectivity index (χ0n) is 13.8. The van der Waals surface area contributed by atoms with Crippen molar-refractivity contribution in [2.75, 3.05) is 13.7 Å². The van der Waals surface area contributed by atoms with E-state index >= 15 is 0 Å². The van der Waals surface area contributed by atoms with Crippen LogP contribution in [0.15, 0.2) is 60.8 Å². The van der Waals surface area contributed by atoms with Crippen LogP contribution in [0.5, 0.6) is 5.75 Å². The molecular formula is C20H21N3O. The molecule has 0 radical (unpaired) electrons. The average molecular weight is 319 g/mol. The van der Waals surface area contributed by atoms with Gasteiger partial charge in [0.2, 0.25) is 0 Å². The van der Waals surface area contributed by atoms with Gasteiger partial charge in [0.15, 0.2) is 0 Å². The molecule has 1 saturated heterocycles. The van der Waals surface area contributed by atoms with Crippen LogP contribution >= 0.6 is 0 Å². The van der Waals surface area contributed by atoms with Gasteiger partial charge < -0.3 is 10.1 Å². The second-order valence-electron chi connectivity index (χ2n) is 6.07. The van der Waals surface area contributed by atoms with Gasteiger partial charge >= 0.3 is 0 Å². The zero-order valence-corrected chi connectivity index (χ0v) is 13.8. The molecule has 0 spiro atoms. The van der Waals surface area contributed by atoms with Gasteiger partial charge in [0.05, 0.1) is 30.7 Å². The van der Waals surface area contributed by atoms with Gasteiger partial charge in [-0.3, -0.25) is 0 Å². The number of hydrogen-bond donors (Lipinski definition) is 1. The first-order chi connectivity index (χ1) is 11.9. The van der Waals surface area contributed by atoms with Crippen molar-refractivity contribution in [2.45, 2.75) is 18.9 Å². The van der Waals surface area contributed by atoms with Crippen LogP contribution in [0.4, 0.5) is 0 Å². The van der Waals surface area contributed by atoms with Crippen molar-refractivity contribution in [2.24, 2.45) is 0 Å². The van der Waals surface area contributed by atoms with E-state index in [2.05, 4.69) is 46.4 Å². The van der Waals surface area contributed by atoms with E-state index in [0.717, 1.165) is 24.4 Å². The number of aromatic nitrogens is 2. The Morgan fingerprint density at radius 1 is 1.08 bits per heavy atom. The molecule has 4 rings (SSSR count). The molecule has 1 atom stereocenters. The monoisotopic (exact) mass is 319 g/mol. The Balaban J connectivity index is 1.83. The number of para-hydroxylation sites is 1. The third kappa shape index (κ3) is 2.69. The maximum atomic E-state index is 5.28. The Morgan fingerprint density at radius 3 is 2.54 bits per heavy atom. The Bertz CT molecular complexity index is 803. The highest BCUT2D eigenvalue weighted by Gasteiger charge is 2.25. The van der Waals surface area contributed by atoms with Crippen molar-refractivity contribution in [1.82, 2.24) is 15.1 Å². The van der Waals surface area contributed by atoms with Gasteiger partial charge in [-0.05, 0) is 49.2 Å². The lowest BCUT2D eigenvalue weighted by Gasteiger charge is -2.16. The third-order valence-electron chi connectivity index (χ3n) is 4.60. The highest BCUT2D eigenvalue weighted by atomic mass is 16.5. The molecule has 0 saturated carbocycles. The molecule has 1 aliphatic rings. The summed E-state index contributed by atoms with van der Waals surface area (Å²) in [6.45, 7) is 1.06. The molecule has 3 aromatic rings. The first kappa shape index (κ1) is 15.0. The number of nitrogens with zero attached hydrogens (tertiary/aromatic N) is 2. The number of rotatable bonds is 4. The Morgan fingerprint density at radius 2 is 1.88 bits per heavy atom. The summed E-state index contributed by atoms with van der Waals surface area (Å²) in [5, 5.41) is 8.31. The van der Waals surface area contributed by atoms with Crippen molar-refractivity contribution in [3.8, 4) is 22.6 Å². The van der Waals surface area contributed by atoms with E-state index < -0.39 is 0 Å². The van der Waals surface area contributed by atoms with E-state index in [1.165, 1.54) is 23.2 Å². The summed E-state index contributed by atoms with van der Waals surface area (Å²) in [6.07, 6.45) is 4.32. The van der Waals surface area contributed by atoms with E-state index in [0.29, 0.717) is 6.04 Å². The second kappa shape index (κ2) is 6.49. The molecule has 1 unspecified atom stereocenters. The van der Waals surface area contributed by atoms with E-state index in [4.69, 9.17) is 9.84 Å². The van der Waals surface area contributed by atoms with Gasteiger partial charge in [0, 0.05) is 5.56 Å². The zero-order chi connectivity index (χ0) is 16.4. The van der Waals surface area contributed by atoms with Crippen LogP contribution in [0.1, 0.15) is 24.6 Å². The fourth-order valence-electron chi connectivity index (χ4n) is 3.38. The fraction of sp³-hybridized carbons (Fsp3) is 0.250. The third-order valence-corrected chi connectivity index (χ3v) is 4.60. The van der Waals surface area contributed by atoms with Gasteiger partial charge in [-0.2, -0.15) is 5.10 Å². The summed E-state index contributed by atoms with van der Waals surface area (Å²) in [5.41, 5.74) is 4.69. The number of benzene rings is 2. The SMILES string of the molecule is COc1ccc(-c2cnn(-c3ccccc3)c2C2CCCN2)cc1. The summed E-state index contributed by atoms with van der Waals surface area (Å²) in [7, 11) is 1.69. The lowest BCUT2D eigenvalue weighted by atomic mass is 10.0. The first-order valence-electron chi connectivity index (χ1n) is 8.38. The van der Waals surface area contributed by atoms with Crippen LogP contribution in [-0.4, -0.2) is 23.4 Å². The Kier molecular flexibility index (Phi) is 4.05. The van der Waals surface area contributed by atoms with E-state index in [9.17, 15) is 0 Å². The normalized spacial score (nSPS) is 17.1. The summed E-state index contributed by atoms with van der Waals surface area (Å²) in [6, 6.07) is 18.9. The van der Waals surface area contributed by atoms with Crippen LogP contribution in [0.3, 0.4) is 0 Å². The molecule has 4 heteroatoms. The molecule has 2 aromatic carbocycles. The fourth-order valence-corrected chi connectivity index (χ4v) is 3.38. The maximum absolute atomic E-state index is 5.28. The highest BCUT2D eigenvalue weighted by Crippen LogP contribution is 2.34. The summed E-state index contributed by atoms with van der Waals surface area (Å²) < 4.78 is 7.35. The van der Waals surface area contributed by atoms with E-state index in [-0.39, 0.29) is 0 Å². The topological polar surface area (TPSA) is 39.1 Å². The minimum Gasteiger partial charge on any atom is -0.497 e. The molecule has 1 N–H and O–H groups in total. The standard InChI is InChI=1S/C20H21N3O/c1-24-17-11-9-15(10-12-17)18-14-22-23(16-6-3-2-4-7-16)20(18)19-8-5-13-21-19/h2-4,6-7,9-12,14,19,21H,5,8,13H2,1H3. The van der Waals surface area contributed by atoms with Crippen LogP contribution in [-0.2, 0) is 0 Å². The molecule has 2 heterocycles. The van der Waals surface area contributed by atoms with Gasteiger partial charge in [-0.15, -0.1) is 0 Å². The quantitative estimate of drug-likeness (QED) is 0.791. The molecule has 1 aromatic heterocycles. The molecule has 0 amide bonds. The molecule has 0 aliphatic carbocycles. The first-order valence-corrected chi connectivity index (χ1v) is 8.38. The van der Waals surface area contributed by atoms with Crippen molar-refractivity contribution in [1.29, 1.82) is 0 Å². The van der Waals surface area contributed by atoms with Crippen molar-refractivity contribution < 1.29 is 4.74 Å². The van der Waals surface area contributed by atoms with Crippen LogP contribution in [0.2, 0.25) is 0 Å². The van der Waals surface area contributed by atoms with Crippen molar-refractivity contribution >= 4 is 0 Å². The number of nitrogens with one attached hydrogen (secondary N) is 1. The van der Waals surface area contributed by atoms with Crippen molar-refractivity contribution in [3.63, 3.8) is 0 Å². The molecule has 1 aliphatic heterocycles. The number of ether oxygens (including phenoxy) is 1. The largest absolute Gasteiger partial charge is 0.497 e. The smallest absolute Gasteiger partial charge is 0.118 e. The Hall–Kier alpha value is -2.59.